The van der Waals surface area contributed by atoms with Crippen LogP contribution in [0, 0.1) is 5.82 Å². The number of anilines is 1. The first-order chi connectivity index (χ1) is 8.90. The molecule has 0 amide bonds. The summed E-state index contributed by atoms with van der Waals surface area (Å²) in [6, 6.07) is 6.40. The first-order valence-corrected chi connectivity index (χ1v) is 7.64. The molecule has 19 heavy (non-hydrogen) atoms. The molecule has 2 aromatic rings. The van der Waals surface area contributed by atoms with Gasteiger partial charge in [0.05, 0.1) is 5.69 Å². The zero-order valence-corrected chi connectivity index (χ0v) is 12.4. The van der Waals surface area contributed by atoms with Gasteiger partial charge in [-0.05, 0) is 46.3 Å². The van der Waals surface area contributed by atoms with Gasteiger partial charge in [-0.3, -0.25) is 4.72 Å². The Morgan fingerprint density at radius 2 is 2.05 bits per heavy atom. The molecule has 0 aliphatic heterocycles. The number of hydrogen-bond acceptors (Lipinski definition) is 3. The Kier molecular flexibility index (Phi) is 4.07. The van der Waals surface area contributed by atoms with E-state index in [2.05, 4.69) is 25.6 Å². The molecule has 8 heteroatoms. The van der Waals surface area contributed by atoms with E-state index in [0.717, 1.165) is 12.1 Å². The molecule has 1 N–H and O–H groups in total. The summed E-state index contributed by atoms with van der Waals surface area (Å²) in [5.74, 6) is -0.478. The minimum Gasteiger partial charge on any atom is -0.278 e. The lowest BCUT2D eigenvalue weighted by atomic mass is 10.3. The second-order valence-electron chi connectivity index (χ2n) is 3.52. The van der Waals surface area contributed by atoms with Crippen LogP contribution in [0.1, 0.15) is 0 Å². The minimum absolute atomic E-state index is 0.131. The lowest BCUT2D eigenvalue weighted by Crippen LogP contribution is -2.14. The highest BCUT2D eigenvalue weighted by atomic mass is 79.9. The van der Waals surface area contributed by atoms with Crippen molar-refractivity contribution in [2.45, 2.75) is 4.90 Å². The summed E-state index contributed by atoms with van der Waals surface area (Å²) in [7, 11) is -3.88. The Labute approximate surface area is 122 Å². The van der Waals surface area contributed by atoms with Crippen molar-refractivity contribution in [3.63, 3.8) is 0 Å². The van der Waals surface area contributed by atoms with E-state index in [-0.39, 0.29) is 20.2 Å². The van der Waals surface area contributed by atoms with E-state index in [1.807, 2.05) is 0 Å². The van der Waals surface area contributed by atoms with Crippen molar-refractivity contribution in [3.05, 3.63) is 52.0 Å². The number of sulfonamides is 1. The van der Waals surface area contributed by atoms with E-state index in [0.29, 0.717) is 0 Å². The van der Waals surface area contributed by atoms with Gasteiger partial charge in [-0.1, -0.05) is 11.6 Å². The van der Waals surface area contributed by atoms with Gasteiger partial charge in [-0.2, -0.15) is 0 Å². The lowest BCUT2D eigenvalue weighted by molar-refractivity contribution is 0.600. The van der Waals surface area contributed by atoms with Crippen LogP contribution >= 0.6 is 27.5 Å². The average molecular weight is 366 g/mol. The monoisotopic (exact) mass is 364 g/mol. The maximum atomic E-state index is 12.9. The van der Waals surface area contributed by atoms with E-state index in [4.69, 9.17) is 11.6 Å². The predicted octanol–water partition coefficient (Wildman–Crippen LogP) is 3.44. The minimum atomic E-state index is -3.88. The molecule has 0 fully saturated rings. The maximum Gasteiger partial charge on any atom is 0.265 e. The third-order valence-corrected chi connectivity index (χ3v) is 4.66. The van der Waals surface area contributed by atoms with Crippen molar-refractivity contribution >= 4 is 43.2 Å². The Bertz CT molecular complexity index is 724. The van der Waals surface area contributed by atoms with Crippen LogP contribution in [0.5, 0.6) is 0 Å². The van der Waals surface area contributed by atoms with E-state index in [1.165, 1.54) is 24.4 Å². The van der Waals surface area contributed by atoms with Crippen molar-refractivity contribution in [2.24, 2.45) is 0 Å². The number of halogens is 3. The van der Waals surface area contributed by atoms with Crippen LogP contribution < -0.4 is 4.72 Å². The van der Waals surface area contributed by atoms with Gasteiger partial charge >= 0.3 is 0 Å². The van der Waals surface area contributed by atoms with Gasteiger partial charge in [0.1, 0.15) is 15.9 Å². The summed E-state index contributed by atoms with van der Waals surface area (Å²) >= 11 is 8.81. The number of nitrogens with zero attached hydrogens (tertiary/aromatic N) is 1. The van der Waals surface area contributed by atoms with Crippen molar-refractivity contribution in [1.82, 2.24) is 4.98 Å². The second-order valence-corrected chi connectivity index (χ2v) is 6.39. The van der Waals surface area contributed by atoms with Crippen molar-refractivity contribution in [2.75, 3.05) is 4.72 Å². The molecule has 0 saturated heterocycles. The maximum absolute atomic E-state index is 12.9. The van der Waals surface area contributed by atoms with Gasteiger partial charge in [0.25, 0.3) is 10.0 Å². The smallest absolute Gasteiger partial charge is 0.265 e. The fraction of sp³-hybridized carbons (Fsp3) is 0. The molecule has 100 valence electrons. The van der Waals surface area contributed by atoms with Crippen LogP contribution in [0.2, 0.25) is 5.15 Å². The fourth-order valence-electron chi connectivity index (χ4n) is 1.34. The molecule has 1 aromatic heterocycles. The lowest BCUT2D eigenvalue weighted by Gasteiger charge is -2.10. The van der Waals surface area contributed by atoms with Crippen molar-refractivity contribution in [3.8, 4) is 0 Å². The van der Waals surface area contributed by atoms with Crippen molar-refractivity contribution < 1.29 is 12.8 Å². The van der Waals surface area contributed by atoms with Gasteiger partial charge in [-0.25, -0.2) is 17.8 Å². The highest BCUT2D eigenvalue weighted by Crippen LogP contribution is 2.27. The molecule has 0 spiro atoms. The number of rotatable bonds is 3. The number of pyridine rings is 1. The third-order valence-electron chi connectivity index (χ3n) is 2.19. The number of hydrogen-bond donors (Lipinski definition) is 1. The Balaban J connectivity index is 2.40. The van der Waals surface area contributed by atoms with Crippen molar-refractivity contribution in [1.29, 1.82) is 0 Å². The molecular formula is C11H7BrClFN2O2S. The van der Waals surface area contributed by atoms with Crippen LogP contribution in [0.15, 0.2) is 45.9 Å². The van der Waals surface area contributed by atoms with Crippen LogP contribution in [0.3, 0.4) is 0 Å². The summed E-state index contributed by atoms with van der Waals surface area (Å²) in [6.45, 7) is 0. The SMILES string of the molecule is O=S(=O)(Nc1ccc(F)cc1Br)c1cccnc1Cl. The van der Waals surface area contributed by atoms with Crippen LogP contribution in [-0.4, -0.2) is 13.4 Å². The van der Waals surface area contributed by atoms with Crippen LogP contribution in [-0.2, 0) is 10.0 Å². The van der Waals surface area contributed by atoms with Gasteiger partial charge < -0.3 is 0 Å². The van der Waals surface area contributed by atoms with E-state index >= 15 is 0 Å². The highest BCUT2D eigenvalue weighted by Gasteiger charge is 2.19. The largest absolute Gasteiger partial charge is 0.278 e. The summed E-state index contributed by atoms with van der Waals surface area (Å²) in [6.07, 6.45) is 1.38. The Hall–Kier alpha value is -1.18. The summed E-state index contributed by atoms with van der Waals surface area (Å²) < 4.78 is 39.7. The van der Waals surface area contributed by atoms with E-state index in [9.17, 15) is 12.8 Å². The topological polar surface area (TPSA) is 59.1 Å². The van der Waals surface area contributed by atoms with E-state index in [1.54, 1.807) is 0 Å². The summed E-state index contributed by atoms with van der Waals surface area (Å²) in [4.78, 5) is 3.55. The van der Waals surface area contributed by atoms with Gasteiger partial charge in [0.15, 0.2) is 0 Å². The highest BCUT2D eigenvalue weighted by molar-refractivity contribution is 9.10. The molecule has 1 aromatic carbocycles. The quantitative estimate of drug-likeness (QED) is 0.848. The first-order valence-electron chi connectivity index (χ1n) is 4.98. The number of benzene rings is 1. The molecule has 0 aliphatic carbocycles. The molecular weight excluding hydrogens is 359 g/mol. The summed E-state index contributed by atoms with van der Waals surface area (Å²) in [5.41, 5.74) is 0.210. The van der Waals surface area contributed by atoms with Gasteiger partial charge in [-0.15, -0.1) is 0 Å². The predicted molar refractivity (Wildman–Crippen MR) is 74.2 cm³/mol. The Morgan fingerprint density at radius 1 is 1.32 bits per heavy atom. The number of aromatic nitrogens is 1. The zero-order chi connectivity index (χ0) is 14.0. The third kappa shape index (κ3) is 3.23. The molecule has 0 saturated carbocycles. The summed E-state index contributed by atoms with van der Waals surface area (Å²) in [5, 5.41) is -0.131. The molecule has 4 nitrogen and oxygen atoms in total. The van der Waals surface area contributed by atoms with Gasteiger partial charge in [0.2, 0.25) is 0 Å². The fourth-order valence-corrected chi connectivity index (χ4v) is 3.46. The van der Waals surface area contributed by atoms with Gasteiger partial charge in [0, 0.05) is 10.7 Å². The molecule has 0 unspecified atom stereocenters. The normalized spacial score (nSPS) is 11.3. The zero-order valence-electron chi connectivity index (χ0n) is 9.27. The second kappa shape index (κ2) is 5.44. The Morgan fingerprint density at radius 3 is 2.68 bits per heavy atom. The molecule has 0 bridgehead atoms. The molecule has 0 atom stereocenters. The first kappa shape index (κ1) is 14.2. The van der Waals surface area contributed by atoms with Crippen LogP contribution in [0.4, 0.5) is 10.1 Å². The average Bonchev–Trinajstić information content (AvgIpc) is 2.33. The molecule has 0 aliphatic rings. The van der Waals surface area contributed by atoms with E-state index < -0.39 is 15.8 Å². The molecule has 0 radical (unpaired) electrons. The van der Waals surface area contributed by atoms with Crippen LogP contribution in [0.25, 0.3) is 0 Å². The number of nitrogens with one attached hydrogen (secondary N) is 1. The standard InChI is InChI=1S/C11H7BrClFN2O2S/c12-8-6-7(14)3-4-9(8)16-19(17,18)10-2-1-5-15-11(10)13/h1-6,16H. The molecule has 2 rings (SSSR count). The molecule has 1 heterocycles.